The minimum absolute atomic E-state index is 0.296. The molecule has 1 saturated carbocycles. The van der Waals surface area contributed by atoms with E-state index in [1.54, 1.807) is 6.33 Å². The third-order valence-electron chi connectivity index (χ3n) is 4.45. The van der Waals surface area contributed by atoms with Crippen LogP contribution in [0.4, 0.5) is 0 Å². The molecule has 1 aliphatic rings. The van der Waals surface area contributed by atoms with Gasteiger partial charge in [0, 0.05) is 42.9 Å². The molecule has 1 heterocycles. The van der Waals surface area contributed by atoms with Crippen LogP contribution in [0.5, 0.6) is 0 Å². The molecule has 18 heavy (non-hydrogen) atoms. The molecule has 0 saturated heterocycles. The van der Waals surface area contributed by atoms with Crippen LogP contribution in [-0.2, 0) is 11.2 Å². The van der Waals surface area contributed by atoms with Gasteiger partial charge in [0.2, 0.25) is 0 Å². The highest BCUT2D eigenvalue weighted by atomic mass is 16.5. The zero-order valence-electron chi connectivity index (χ0n) is 11.7. The molecule has 0 radical (unpaired) electrons. The maximum Gasteiger partial charge on any atom is 0.0921 e. The van der Waals surface area contributed by atoms with Gasteiger partial charge >= 0.3 is 0 Å². The van der Waals surface area contributed by atoms with Crippen LogP contribution in [0, 0.1) is 5.41 Å². The van der Waals surface area contributed by atoms with E-state index in [4.69, 9.17) is 4.74 Å². The number of imidazole rings is 1. The predicted molar refractivity (Wildman–Crippen MR) is 72.5 cm³/mol. The van der Waals surface area contributed by atoms with E-state index in [1.807, 2.05) is 6.20 Å². The van der Waals surface area contributed by atoms with Crippen LogP contribution in [0.15, 0.2) is 12.5 Å². The summed E-state index contributed by atoms with van der Waals surface area (Å²) in [5, 5.41) is 3.66. The van der Waals surface area contributed by atoms with Crippen LogP contribution < -0.4 is 5.32 Å². The normalized spacial score (nSPS) is 31.3. The molecule has 3 atom stereocenters. The third kappa shape index (κ3) is 2.59. The summed E-state index contributed by atoms with van der Waals surface area (Å²) in [5.41, 5.74) is 1.49. The van der Waals surface area contributed by atoms with Gasteiger partial charge in [-0.2, -0.15) is 0 Å². The summed E-state index contributed by atoms with van der Waals surface area (Å²) in [6, 6.07) is 0.585. The topological polar surface area (TPSA) is 49.9 Å². The van der Waals surface area contributed by atoms with E-state index in [1.165, 1.54) is 12.1 Å². The maximum absolute atomic E-state index is 5.81. The average molecular weight is 251 g/mol. The standard InChI is InChI=1S/C14H25N3O/c1-4-14(3)12(8-13(14)18-5-2)16-7-6-11-9-15-10-17-11/h9-10,12-13,16H,4-8H2,1-3H3,(H,15,17). The quantitative estimate of drug-likeness (QED) is 0.780. The molecule has 102 valence electrons. The fourth-order valence-electron chi connectivity index (χ4n) is 2.87. The Balaban J connectivity index is 1.76. The van der Waals surface area contributed by atoms with E-state index in [2.05, 4.69) is 36.1 Å². The Morgan fingerprint density at radius 2 is 2.39 bits per heavy atom. The minimum Gasteiger partial charge on any atom is -0.378 e. The molecule has 0 bridgehead atoms. The zero-order chi connectivity index (χ0) is 13.0. The Morgan fingerprint density at radius 1 is 1.56 bits per heavy atom. The van der Waals surface area contributed by atoms with Gasteiger partial charge in [-0.05, 0) is 19.8 Å². The van der Waals surface area contributed by atoms with Crippen molar-refractivity contribution >= 4 is 0 Å². The van der Waals surface area contributed by atoms with Gasteiger partial charge < -0.3 is 15.0 Å². The van der Waals surface area contributed by atoms with E-state index in [-0.39, 0.29) is 0 Å². The van der Waals surface area contributed by atoms with E-state index < -0.39 is 0 Å². The highest BCUT2D eigenvalue weighted by Crippen LogP contribution is 2.45. The molecule has 1 fully saturated rings. The Kier molecular flexibility index (Phi) is 4.40. The fraction of sp³-hybridized carbons (Fsp3) is 0.786. The molecular formula is C14H25N3O. The Bertz CT molecular complexity index is 352. The first-order chi connectivity index (χ1) is 8.70. The Morgan fingerprint density at radius 3 is 3.00 bits per heavy atom. The van der Waals surface area contributed by atoms with Crippen molar-refractivity contribution in [3.05, 3.63) is 18.2 Å². The monoisotopic (exact) mass is 251 g/mol. The molecule has 2 rings (SSSR count). The SMILES string of the molecule is CCOC1CC(NCCc2cnc[nH]2)C1(C)CC. The van der Waals surface area contributed by atoms with Crippen LogP contribution in [0.1, 0.15) is 39.3 Å². The summed E-state index contributed by atoms with van der Waals surface area (Å²) >= 11 is 0. The molecule has 0 aromatic carbocycles. The van der Waals surface area contributed by atoms with Gasteiger partial charge in [0.15, 0.2) is 0 Å². The number of hydrogen-bond donors (Lipinski definition) is 2. The lowest BCUT2D eigenvalue weighted by Crippen LogP contribution is -2.62. The first-order valence-electron chi connectivity index (χ1n) is 7.03. The summed E-state index contributed by atoms with van der Waals surface area (Å²) in [5.74, 6) is 0. The molecule has 1 aliphatic carbocycles. The number of ether oxygens (including phenoxy) is 1. The molecule has 0 amide bonds. The second-order valence-electron chi connectivity index (χ2n) is 5.37. The predicted octanol–water partition coefficient (Wildman–Crippen LogP) is 2.14. The molecule has 3 unspecified atom stereocenters. The minimum atomic E-state index is 0.296. The van der Waals surface area contributed by atoms with Crippen LogP contribution >= 0.6 is 0 Å². The van der Waals surface area contributed by atoms with Crippen molar-refractivity contribution < 1.29 is 4.74 Å². The third-order valence-corrected chi connectivity index (χ3v) is 4.45. The van der Waals surface area contributed by atoms with E-state index in [0.717, 1.165) is 26.0 Å². The van der Waals surface area contributed by atoms with Gasteiger partial charge in [-0.15, -0.1) is 0 Å². The largest absolute Gasteiger partial charge is 0.378 e. The van der Waals surface area contributed by atoms with Gasteiger partial charge in [-0.1, -0.05) is 13.8 Å². The van der Waals surface area contributed by atoms with Gasteiger partial charge in [0.25, 0.3) is 0 Å². The lowest BCUT2D eigenvalue weighted by molar-refractivity contribution is -0.125. The molecule has 4 heteroatoms. The van der Waals surface area contributed by atoms with Gasteiger partial charge in [0.1, 0.15) is 0 Å². The molecule has 1 aromatic heterocycles. The average Bonchev–Trinajstić information content (AvgIpc) is 2.89. The number of aromatic nitrogens is 2. The van der Waals surface area contributed by atoms with Gasteiger partial charge in [-0.25, -0.2) is 4.98 Å². The lowest BCUT2D eigenvalue weighted by atomic mass is 9.61. The molecule has 4 nitrogen and oxygen atoms in total. The molecule has 2 N–H and O–H groups in total. The summed E-state index contributed by atoms with van der Waals surface area (Å²) < 4.78 is 5.81. The van der Waals surface area contributed by atoms with Crippen LogP contribution in [0.2, 0.25) is 0 Å². The van der Waals surface area contributed by atoms with E-state index in [0.29, 0.717) is 17.6 Å². The number of aromatic amines is 1. The van der Waals surface area contributed by atoms with E-state index in [9.17, 15) is 0 Å². The van der Waals surface area contributed by atoms with Crippen molar-refractivity contribution in [1.29, 1.82) is 0 Å². The summed E-state index contributed by atoms with van der Waals surface area (Å²) in [6.07, 6.45) is 7.37. The molecule has 0 aliphatic heterocycles. The molecule has 1 aromatic rings. The Labute approximate surface area is 110 Å². The van der Waals surface area contributed by atoms with Gasteiger partial charge in [-0.3, -0.25) is 0 Å². The van der Waals surface area contributed by atoms with Crippen molar-refractivity contribution in [2.45, 2.75) is 52.2 Å². The number of nitrogens with one attached hydrogen (secondary N) is 2. The van der Waals surface area contributed by atoms with Crippen molar-refractivity contribution in [1.82, 2.24) is 15.3 Å². The molecular weight excluding hydrogens is 226 g/mol. The highest BCUT2D eigenvalue weighted by molar-refractivity contribution is 5.05. The first kappa shape index (κ1) is 13.6. The summed E-state index contributed by atoms with van der Waals surface area (Å²) in [7, 11) is 0. The van der Waals surface area contributed by atoms with Crippen LogP contribution in [0.25, 0.3) is 0 Å². The van der Waals surface area contributed by atoms with Crippen LogP contribution in [-0.4, -0.2) is 35.3 Å². The van der Waals surface area contributed by atoms with Gasteiger partial charge in [0.05, 0.1) is 12.4 Å². The van der Waals surface area contributed by atoms with Crippen molar-refractivity contribution in [3.63, 3.8) is 0 Å². The van der Waals surface area contributed by atoms with E-state index >= 15 is 0 Å². The number of rotatable bonds is 7. The number of H-pyrrole nitrogens is 1. The Hall–Kier alpha value is -0.870. The second-order valence-corrected chi connectivity index (χ2v) is 5.37. The number of nitrogens with zero attached hydrogens (tertiary/aromatic N) is 1. The summed E-state index contributed by atoms with van der Waals surface area (Å²) in [4.78, 5) is 7.17. The highest BCUT2D eigenvalue weighted by Gasteiger charge is 2.50. The van der Waals surface area contributed by atoms with Crippen molar-refractivity contribution in [2.75, 3.05) is 13.2 Å². The fourth-order valence-corrected chi connectivity index (χ4v) is 2.87. The second kappa shape index (κ2) is 5.85. The lowest BCUT2D eigenvalue weighted by Gasteiger charge is -2.53. The number of hydrogen-bond acceptors (Lipinski definition) is 3. The maximum atomic E-state index is 5.81. The molecule has 0 spiro atoms. The zero-order valence-corrected chi connectivity index (χ0v) is 11.7. The first-order valence-corrected chi connectivity index (χ1v) is 7.03. The summed E-state index contributed by atoms with van der Waals surface area (Å²) in [6.45, 7) is 8.50. The van der Waals surface area contributed by atoms with Crippen LogP contribution in [0.3, 0.4) is 0 Å². The van der Waals surface area contributed by atoms with Crippen molar-refractivity contribution in [3.8, 4) is 0 Å². The smallest absolute Gasteiger partial charge is 0.0921 e. The van der Waals surface area contributed by atoms with Crippen molar-refractivity contribution in [2.24, 2.45) is 5.41 Å².